The summed E-state index contributed by atoms with van der Waals surface area (Å²) < 4.78 is 1.05. The highest BCUT2D eigenvalue weighted by atomic mass is 79.9. The number of benzene rings is 2. The van der Waals surface area contributed by atoms with Gasteiger partial charge in [-0.3, -0.25) is 9.89 Å². The molecule has 3 aromatic rings. The molecule has 1 heterocycles. The second-order valence-electron chi connectivity index (χ2n) is 5.54. The third-order valence-electron chi connectivity index (χ3n) is 3.83. The fourth-order valence-electron chi connectivity index (χ4n) is 2.46. The molecule has 3 rings (SSSR count). The average Bonchev–Trinajstić information content (AvgIpc) is 3.14. The van der Waals surface area contributed by atoms with Crippen LogP contribution in [0.15, 0.2) is 65.3 Å². The molecule has 24 heavy (non-hydrogen) atoms. The first-order valence-electron chi connectivity index (χ1n) is 7.81. The number of nitrogens with zero attached hydrogens (tertiary/aromatic N) is 1. The second-order valence-corrected chi connectivity index (χ2v) is 6.39. The summed E-state index contributed by atoms with van der Waals surface area (Å²) in [4.78, 5) is 12.0. The zero-order chi connectivity index (χ0) is 16.8. The molecule has 0 aliphatic carbocycles. The Kier molecular flexibility index (Phi) is 5.43. The van der Waals surface area contributed by atoms with Gasteiger partial charge in [0.25, 0.3) is 0 Å². The molecule has 0 aliphatic rings. The summed E-state index contributed by atoms with van der Waals surface area (Å²) in [5.74, 6) is 0.0587. The van der Waals surface area contributed by atoms with Gasteiger partial charge in [-0.2, -0.15) is 5.10 Å². The van der Waals surface area contributed by atoms with Crippen molar-refractivity contribution in [2.45, 2.75) is 19.4 Å². The molecule has 0 radical (unpaired) electrons. The van der Waals surface area contributed by atoms with Gasteiger partial charge in [-0.15, -0.1) is 0 Å². The van der Waals surface area contributed by atoms with Crippen LogP contribution in [0, 0.1) is 0 Å². The Labute approximate surface area is 149 Å². The van der Waals surface area contributed by atoms with Crippen LogP contribution in [0.3, 0.4) is 0 Å². The Hall–Kier alpha value is -2.40. The van der Waals surface area contributed by atoms with Crippen molar-refractivity contribution in [3.8, 4) is 11.3 Å². The van der Waals surface area contributed by atoms with Gasteiger partial charge in [0.05, 0.1) is 5.69 Å². The standard InChI is InChI=1S/C19H18BrN3O/c20-17-4-2-1-3-15(17)9-10-19(24)21-13-14-5-7-16(8-6-14)18-11-12-22-23-18/h1-8,11-12H,9-10,13H2,(H,21,24)(H,22,23). The number of hydrogen-bond donors (Lipinski definition) is 2. The van der Waals surface area contributed by atoms with Crippen LogP contribution < -0.4 is 5.32 Å². The van der Waals surface area contributed by atoms with E-state index in [1.54, 1.807) is 6.20 Å². The lowest BCUT2D eigenvalue weighted by molar-refractivity contribution is -0.121. The van der Waals surface area contributed by atoms with Crippen LogP contribution in [0.5, 0.6) is 0 Å². The maximum atomic E-state index is 12.0. The zero-order valence-electron chi connectivity index (χ0n) is 13.1. The van der Waals surface area contributed by atoms with Crippen molar-refractivity contribution in [3.63, 3.8) is 0 Å². The summed E-state index contributed by atoms with van der Waals surface area (Å²) >= 11 is 3.51. The van der Waals surface area contributed by atoms with E-state index in [2.05, 4.69) is 31.4 Å². The van der Waals surface area contributed by atoms with E-state index in [0.29, 0.717) is 13.0 Å². The molecular weight excluding hydrogens is 366 g/mol. The van der Waals surface area contributed by atoms with Gasteiger partial charge < -0.3 is 5.32 Å². The van der Waals surface area contributed by atoms with E-state index in [1.165, 1.54) is 0 Å². The first-order chi connectivity index (χ1) is 11.7. The largest absolute Gasteiger partial charge is 0.352 e. The lowest BCUT2D eigenvalue weighted by Crippen LogP contribution is -2.23. The summed E-state index contributed by atoms with van der Waals surface area (Å²) in [5, 5.41) is 9.85. The first-order valence-corrected chi connectivity index (χ1v) is 8.60. The van der Waals surface area contributed by atoms with E-state index >= 15 is 0 Å². The fraction of sp³-hybridized carbons (Fsp3) is 0.158. The van der Waals surface area contributed by atoms with Crippen LogP contribution in [0.2, 0.25) is 0 Å². The molecule has 0 saturated heterocycles. The van der Waals surface area contributed by atoms with E-state index in [4.69, 9.17) is 0 Å². The highest BCUT2D eigenvalue weighted by Gasteiger charge is 2.05. The minimum Gasteiger partial charge on any atom is -0.352 e. The van der Waals surface area contributed by atoms with Crippen molar-refractivity contribution in [1.82, 2.24) is 15.5 Å². The van der Waals surface area contributed by atoms with Gasteiger partial charge in [-0.25, -0.2) is 0 Å². The summed E-state index contributed by atoms with van der Waals surface area (Å²) in [5.41, 5.74) is 4.29. The Morgan fingerprint density at radius 2 is 1.88 bits per heavy atom. The molecule has 4 nitrogen and oxygen atoms in total. The molecule has 0 fully saturated rings. The number of aromatic nitrogens is 2. The van der Waals surface area contributed by atoms with Crippen molar-refractivity contribution >= 4 is 21.8 Å². The number of H-pyrrole nitrogens is 1. The van der Waals surface area contributed by atoms with Crippen LogP contribution in [0.4, 0.5) is 0 Å². The normalized spacial score (nSPS) is 10.5. The summed E-state index contributed by atoms with van der Waals surface area (Å²) in [6.45, 7) is 0.540. The number of rotatable bonds is 6. The molecule has 122 valence electrons. The van der Waals surface area contributed by atoms with Gasteiger partial charge in [-0.1, -0.05) is 58.4 Å². The molecule has 0 spiro atoms. The van der Waals surface area contributed by atoms with Crippen molar-refractivity contribution < 1.29 is 4.79 Å². The van der Waals surface area contributed by atoms with Gasteiger partial charge in [0, 0.05) is 23.6 Å². The Morgan fingerprint density at radius 3 is 2.58 bits per heavy atom. The summed E-state index contributed by atoms with van der Waals surface area (Å²) in [6, 6.07) is 18.0. The van der Waals surface area contributed by atoms with E-state index in [9.17, 15) is 4.79 Å². The molecule has 0 aliphatic heterocycles. The second kappa shape index (κ2) is 7.93. The van der Waals surface area contributed by atoms with Crippen molar-refractivity contribution in [3.05, 3.63) is 76.4 Å². The predicted octanol–water partition coefficient (Wildman–Crippen LogP) is 4.09. The number of aromatic amines is 1. The number of aryl methyl sites for hydroxylation is 1. The maximum Gasteiger partial charge on any atom is 0.220 e. The van der Waals surface area contributed by atoms with E-state index in [1.807, 2.05) is 54.6 Å². The molecular formula is C19H18BrN3O. The fourth-order valence-corrected chi connectivity index (χ4v) is 2.94. The lowest BCUT2D eigenvalue weighted by Gasteiger charge is -2.07. The van der Waals surface area contributed by atoms with Crippen LogP contribution >= 0.6 is 15.9 Å². The third kappa shape index (κ3) is 4.32. The molecule has 0 unspecified atom stereocenters. The van der Waals surface area contributed by atoms with Gasteiger partial charge in [0.15, 0.2) is 0 Å². The maximum absolute atomic E-state index is 12.0. The first kappa shape index (κ1) is 16.5. The van der Waals surface area contributed by atoms with Gasteiger partial charge >= 0.3 is 0 Å². The number of hydrogen-bond acceptors (Lipinski definition) is 2. The molecule has 0 saturated carbocycles. The Bertz CT molecular complexity index is 798. The number of nitrogens with one attached hydrogen (secondary N) is 2. The molecule has 0 bridgehead atoms. The molecule has 2 aromatic carbocycles. The van der Waals surface area contributed by atoms with E-state index in [0.717, 1.165) is 33.3 Å². The third-order valence-corrected chi connectivity index (χ3v) is 4.61. The number of halogens is 1. The molecule has 0 atom stereocenters. The average molecular weight is 384 g/mol. The monoisotopic (exact) mass is 383 g/mol. The minimum atomic E-state index is 0.0587. The highest BCUT2D eigenvalue weighted by molar-refractivity contribution is 9.10. The van der Waals surface area contributed by atoms with Crippen molar-refractivity contribution in [2.75, 3.05) is 0 Å². The molecule has 1 amide bonds. The van der Waals surface area contributed by atoms with Crippen molar-refractivity contribution in [2.24, 2.45) is 0 Å². The Balaban J connectivity index is 1.48. The van der Waals surface area contributed by atoms with Gasteiger partial charge in [0.1, 0.15) is 0 Å². The summed E-state index contributed by atoms with van der Waals surface area (Å²) in [6.07, 6.45) is 2.94. The van der Waals surface area contributed by atoms with E-state index in [-0.39, 0.29) is 5.91 Å². The summed E-state index contributed by atoms with van der Waals surface area (Å²) in [7, 11) is 0. The number of amides is 1. The van der Waals surface area contributed by atoms with Gasteiger partial charge in [-0.05, 0) is 35.2 Å². The van der Waals surface area contributed by atoms with Crippen LogP contribution in [-0.4, -0.2) is 16.1 Å². The van der Waals surface area contributed by atoms with Crippen molar-refractivity contribution in [1.29, 1.82) is 0 Å². The highest BCUT2D eigenvalue weighted by Crippen LogP contribution is 2.18. The number of carbonyl (C=O) groups excluding carboxylic acids is 1. The quantitative estimate of drug-likeness (QED) is 0.673. The molecule has 2 N–H and O–H groups in total. The van der Waals surface area contributed by atoms with Crippen LogP contribution in [-0.2, 0) is 17.8 Å². The smallest absolute Gasteiger partial charge is 0.220 e. The molecule has 5 heteroatoms. The van der Waals surface area contributed by atoms with E-state index < -0.39 is 0 Å². The predicted molar refractivity (Wildman–Crippen MR) is 98.3 cm³/mol. The zero-order valence-corrected chi connectivity index (χ0v) is 14.7. The molecule has 1 aromatic heterocycles. The number of carbonyl (C=O) groups is 1. The topological polar surface area (TPSA) is 57.8 Å². The lowest BCUT2D eigenvalue weighted by atomic mass is 10.1. The minimum absolute atomic E-state index is 0.0587. The van der Waals surface area contributed by atoms with Crippen LogP contribution in [0.25, 0.3) is 11.3 Å². The Morgan fingerprint density at radius 1 is 1.08 bits per heavy atom. The SMILES string of the molecule is O=C(CCc1ccccc1Br)NCc1ccc(-c2ccn[nH]2)cc1. The van der Waals surface area contributed by atoms with Gasteiger partial charge in [0.2, 0.25) is 5.91 Å². The van der Waals surface area contributed by atoms with Crippen LogP contribution in [0.1, 0.15) is 17.5 Å².